The number of aliphatic imine (C=N–C) groups is 1. The van der Waals surface area contributed by atoms with E-state index >= 15 is 0 Å². The zero-order valence-corrected chi connectivity index (χ0v) is 69.5. The van der Waals surface area contributed by atoms with Crippen LogP contribution in [0.15, 0.2) is 64.7 Å². The van der Waals surface area contributed by atoms with Gasteiger partial charge in [0.1, 0.15) is 61.3 Å². The van der Waals surface area contributed by atoms with Crippen molar-refractivity contribution in [2.75, 3.05) is 194 Å². The third-order valence-corrected chi connectivity index (χ3v) is 19.9. The molecule has 13 amide bonds. The summed E-state index contributed by atoms with van der Waals surface area (Å²) in [6, 6.07) is 3.26. The van der Waals surface area contributed by atoms with Gasteiger partial charge in [0, 0.05) is 69.4 Å². The van der Waals surface area contributed by atoms with Crippen molar-refractivity contribution >= 4 is 128 Å². The number of carboxylic acids is 1. The number of nitrogens with two attached hydrogens (primary N) is 2. The molecule has 0 aliphatic carbocycles. The fourth-order valence-corrected chi connectivity index (χ4v) is 13.5. The quantitative estimate of drug-likeness (QED) is 0.00969. The Morgan fingerprint density at radius 3 is 1.49 bits per heavy atom. The van der Waals surface area contributed by atoms with Crippen molar-refractivity contribution in [3.63, 3.8) is 0 Å². The summed E-state index contributed by atoms with van der Waals surface area (Å²) in [5, 5.41) is 47.3. The Morgan fingerprint density at radius 1 is 0.492 bits per heavy atom. The van der Waals surface area contributed by atoms with E-state index < -0.39 is 145 Å². The molecule has 2 aromatic rings. The molecule has 4 rings (SSSR count). The fourth-order valence-electron chi connectivity index (χ4n) is 10.3. The van der Waals surface area contributed by atoms with Gasteiger partial charge in [0.15, 0.2) is 12.6 Å². The molecule has 0 aromatic heterocycles. The highest BCUT2D eigenvalue weighted by Gasteiger charge is 2.36. The molecule has 2 bridgehead atoms. The van der Waals surface area contributed by atoms with Gasteiger partial charge >= 0.3 is 5.97 Å². The lowest BCUT2D eigenvalue weighted by Gasteiger charge is -2.27. The van der Waals surface area contributed by atoms with Gasteiger partial charge in [0.05, 0.1) is 131 Å². The Hall–Kier alpha value is -9.62. The van der Waals surface area contributed by atoms with E-state index in [0.29, 0.717) is 70.3 Å². The van der Waals surface area contributed by atoms with Gasteiger partial charge in [-0.15, -0.1) is 11.8 Å². The minimum atomic E-state index is -1.84. The monoisotopic (exact) mass is 1750 g/mol. The molecule has 0 saturated carbocycles. The molecule has 42 nitrogen and oxygen atoms in total. The average Bonchev–Trinajstić information content (AvgIpc) is 1.01. The predicted octanol–water partition coefficient (Wildman–Crippen LogP) is -5.09. The number of unbranched alkanes of at least 4 members (excludes halogenated alkanes) is 1. The fraction of sp³-hybridized carbons (Fsp3) is 0.622. The van der Waals surface area contributed by atoms with Gasteiger partial charge in [-0.25, -0.2) is 4.39 Å². The number of guanidine groups is 1. The third kappa shape index (κ3) is 49.8. The Bertz CT molecular complexity index is 3520. The van der Waals surface area contributed by atoms with Crippen molar-refractivity contribution in [2.45, 2.75) is 101 Å². The van der Waals surface area contributed by atoms with Crippen molar-refractivity contribution in [2.24, 2.45) is 21.6 Å². The second kappa shape index (κ2) is 64.3. The summed E-state index contributed by atoms with van der Waals surface area (Å²) in [6.07, 6.45) is 0.738. The molecule has 7 atom stereocenters. The van der Waals surface area contributed by atoms with Crippen molar-refractivity contribution in [1.29, 1.82) is 0 Å². The van der Waals surface area contributed by atoms with Crippen LogP contribution in [0, 0.1) is 5.82 Å². The first-order valence-electron chi connectivity index (χ1n) is 39.0. The number of nitrogens with one attached hydrogen (secondary N) is 13. The van der Waals surface area contributed by atoms with Gasteiger partial charge in [0.25, 0.3) is 5.91 Å². The number of thioether (sulfide) groups is 1. The molecule has 2 fully saturated rings. The molecule has 2 aliphatic rings. The number of aliphatic carboxylic acids is 1. The molecular formula is C74H114FN17O25S3. The molecule has 2 aromatic carbocycles. The van der Waals surface area contributed by atoms with Gasteiger partial charge in [0.2, 0.25) is 70.9 Å². The van der Waals surface area contributed by atoms with E-state index in [4.69, 9.17) is 58.9 Å². The Morgan fingerprint density at radius 2 is 0.958 bits per heavy atom. The van der Waals surface area contributed by atoms with Crippen molar-refractivity contribution < 1.29 is 124 Å². The normalized spacial score (nSPS) is 18.7. The molecule has 2 heterocycles. The van der Waals surface area contributed by atoms with Gasteiger partial charge < -0.3 is 133 Å². The molecule has 670 valence electrons. The SMILES string of the molecule is CCC(=O)NCCOCCOCCOCCNC(=O)[C@@H]1CSCC(=O)N[C@@H](CCCCNC(=O)COCC(=O)NCCOCCOCCOCCOCCOCCNC(=O)CON=Cc2ccc([18F])cc2)C(=O)N[C@H]2CSSC[C@H](NC(=O)[C@H](CC(=O)O)NC(=O)CNC(=O)[C@H](CCCN=C(N)N)NC2=O)C(=O)N[C@@H](Cc2ccccc2)C(=O)N1. The number of ether oxygens (including phenoxy) is 9. The average molecular weight is 1760 g/mol. The highest BCUT2D eigenvalue weighted by molar-refractivity contribution is 8.76. The highest BCUT2D eigenvalue weighted by Crippen LogP contribution is 2.24. The van der Waals surface area contributed by atoms with Crippen LogP contribution in [0.2, 0.25) is 0 Å². The summed E-state index contributed by atoms with van der Waals surface area (Å²) >= 11 is 0.881. The second-order valence-corrected chi connectivity index (χ2v) is 29.7. The number of rotatable bonds is 53. The van der Waals surface area contributed by atoms with Crippen LogP contribution in [0.5, 0.6) is 0 Å². The smallest absolute Gasteiger partial charge is 0.305 e. The van der Waals surface area contributed by atoms with Crippen LogP contribution in [0.3, 0.4) is 0 Å². The van der Waals surface area contributed by atoms with Crippen LogP contribution in [-0.4, -0.2) is 337 Å². The number of halogens is 1. The Labute approximate surface area is 706 Å². The van der Waals surface area contributed by atoms with Gasteiger partial charge in [-0.1, -0.05) is 76.1 Å². The minimum Gasteiger partial charge on any atom is -0.481 e. The summed E-state index contributed by atoms with van der Waals surface area (Å²) in [6.45, 7) is 4.26. The van der Waals surface area contributed by atoms with Crippen LogP contribution in [0.1, 0.15) is 63.0 Å². The first-order chi connectivity index (χ1) is 58.0. The van der Waals surface area contributed by atoms with E-state index in [-0.39, 0.29) is 178 Å². The summed E-state index contributed by atoms with van der Waals surface area (Å²) in [4.78, 5) is 198. The molecule has 120 heavy (non-hydrogen) atoms. The Kier molecular flexibility index (Phi) is 55.0. The topological polar surface area (TPSA) is 585 Å². The zero-order valence-electron chi connectivity index (χ0n) is 67.1. The van der Waals surface area contributed by atoms with E-state index in [1.807, 2.05) is 0 Å². The number of hydrogen-bond acceptors (Lipinski definition) is 29. The van der Waals surface area contributed by atoms with Crippen LogP contribution < -0.4 is 80.6 Å². The minimum absolute atomic E-state index is 0.0115. The molecule has 2 saturated heterocycles. The number of hydrogen-bond donors (Lipinski definition) is 16. The lowest BCUT2D eigenvalue weighted by atomic mass is 10.0. The summed E-state index contributed by atoms with van der Waals surface area (Å²) in [5.41, 5.74) is 12.2. The second-order valence-electron chi connectivity index (χ2n) is 26.1. The first kappa shape index (κ1) is 103. The highest BCUT2D eigenvalue weighted by atomic mass is 33.1. The van der Waals surface area contributed by atoms with Crippen LogP contribution in [0.25, 0.3) is 0 Å². The Balaban J connectivity index is 1.35. The number of carbonyl (C=O) groups is 14. The third-order valence-electron chi connectivity index (χ3n) is 16.4. The van der Waals surface area contributed by atoms with Gasteiger partial charge in [-0.2, -0.15) is 0 Å². The summed E-state index contributed by atoms with van der Waals surface area (Å²) in [7, 11) is 1.80. The first-order valence-corrected chi connectivity index (χ1v) is 42.6. The van der Waals surface area contributed by atoms with E-state index in [0.717, 1.165) is 33.3 Å². The molecule has 0 unspecified atom stereocenters. The van der Waals surface area contributed by atoms with E-state index in [1.165, 1.54) is 30.5 Å². The molecule has 18 N–H and O–H groups in total. The number of carbonyl (C=O) groups excluding carboxylic acids is 13. The summed E-state index contributed by atoms with van der Waals surface area (Å²) < 4.78 is 62.3. The number of amides is 13. The zero-order chi connectivity index (χ0) is 87.2. The molecule has 0 spiro atoms. The lowest BCUT2D eigenvalue weighted by Crippen LogP contribution is -2.60. The van der Waals surface area contributed by atoms with Gasteiger partial charge in [-0.05, 0) is 55.4 Å². The van der Waals surface area contributed by atoms with Crippen molar-refractivity contribution in [3.8, 4) is 0 Å². The molecule has 0 radical (unpaired) electrons. The van der Waals surface area contributed by atoms with Crippen molar-refractivity contribution in [3.05, 3.63) is 71.5 Å². The number of oxime groups is 1. The number of carboxylic acid groups (broad SMARTS) is 1. The lowest BCUT2D eigenvalue weighted by molar-refractivity contribution is -0.141. The van der Waals surface area contributed by atoms with E-state index in [9.17, 15) is 76.6 Å². The van der Waals surface area contributed by atoms with Crippen molar-refractivity contribution in [1.82, 2.24) is 69.1 Å². The van der Waals surface area contributed by atoms with Gasteiger partial charge in [-0.3, -0.25) is 72.1 Å². The summed E-state index contributed by atoms with van der Waals surface area (Å²) in [5.74, 6) is -13.5. The van der Waals surface area contributed by atoms with E-state index in [1.54, 1.807) is 37.3 Å². The number of nitrogens with zero attached hydrogens (tertiary/aromatic N) is 2. The molecule has 2 aliphatic heterocycles. The molecular weight excluding hydrogens is 1640 g/mol. The number of fused-ring (bicyclic) bond motifs is 5. The number of benzene rings is 2. The van der Waals surface area contributed by atoms with Crippen LogP contribution >= 0.6 is 33.3 Å². The molecule has 46 heteroatoms. The predicted molar refractivity (Wildman–Crippen MR) is 438 cm³/mol. The maximum absolute atomic E-state index is 14.7. The van der Waals surface area contributed by atoms with Crippen LogP contribution in [-0.2, 0) is 121 Å². The van der Waals surface area contributed by atoms with Crippen LogP contribution in [0.4, 0.5) is 4.39 Å². The maximum Gasteiger partial charge on any atom is 0.305 e. The standard InChI is InChI=1S/C74H114FN17O25S3/c1-2-60(93)79-19-23-108-27-31-112-34-30-111-26-22-82-68(102)57-46-118-49-65(98)86-54(11-6-7-17-78-62(95)43-116-44-63(96)80-20-24-109-28-32-113-35-37-115-38-36-114-33-29-110-25-21-81-64(97)45-117-85-41-51-13-15-52(75)16-14-51)69(103)91-58-47-119-120-48-59(73(107)89-55(70(104)90-57)39-50-9-4-3-5-10-50)92-71(105)56(40-66(99)100)87-61(94)42-84-67(101)53(88-72(58)106)12-8-18-83-74(76)77/h3-5,9-10,13-16,41,53-59H,2,6-8,11-12,17-40,42-49H2,1H3,(H,78,95)(H,79,93)(H,80,96)(H,81,97)(H,82,102)(H,84,101)(H,86,98)(H,87,94)(H,88,106)(H,89,107)(H,90,104)(H,91,103)(H,92,105)(H,99,100)(H4,76,77,83)/t53-,54-,55-,56-,57-,58-,59-/m0/s1/i75-1. The van der Waals surface area contributed by atoms with E-state index in [2.05, 4.69) is 79.3 Å². The largest absolute Gasteiger partial charge is 0.481 e. The maximum atomic E-state index is 14.7.